The van der Waals surface area contributed by atoms with Crippen LogP contribution in [0, 0.1) is 18.6 Å². The van der Waals surface area contributed by atoms with Gasteiger partial charge >= 0.3 is 0 Å². The molecule has 4 aromatic rings. The molecule has 0 spiro atoms. The molecule has 1 aliphatic rings. The highest BCUT2D eigenvalue weighted by atomic mass is 32.2. The number of nitrogens with one attached hydrogen (secondary N) is 1. The molecular formula is C24H18F2N2O4S. The summed E-state index contributed by atoms with van der Waals surface area (Å²) in [4.78, 5) is 12.1. The van der Waals surface area contributed by atoms with Crippen molar-refractivity contribution >= 4 is 26.8 Å². The van der Waals surface area contributed by atoms with E-state index in [2.05, 4.69) is 5.32 Å². The highest BCUT2D eigenvalue weighted by Gasteiger charge is 2.25. The van der Waals surface area contributed by atoms with Crippen molar-refractivity contribution in [3.8, 4) is 11.5 Å². The highest BCUT2D eigenvalue weighted by molar-refractivity contribution is 7.90. The van der Waals surface area contributed by atoms with E-state index in [1.165, 1.54) is 36.5 Å². The molecule has 0 saturated carbocycles. The molecule has 9 heteroatoms. The number of amides is 1. The van der Waals surface area contributed by atoms with E-state index in [0.29, 0.717) is 18.5 Å². The van der Waals surface area contributed by atoms with E-state index in [1.54, 1.807) is 18.2 Å². The van der Waals surface area contributed by atoms with Crippen LogP contribution < -0.4 is 10.1 Å². The topological polar surface area (TPSA) is 77.4 Å². The zero-order chi connectivity index (χ0) is 23.3. The second kappa shape index (κ2) is 7.70. The number of nitrogens with zero attached hydrogens (tertiary/aromatic N) is 1. The lowest BCUT2D eigenvalue weighted by Crippen LogP contribution is -2.31. The summed E-state index contributed by atoms with van der Waals surface area (Å²) in [6, 6.07) is 13.0. The fourth-order valence-corrected chi connectivity index (χ4v) is 5.20. The summed E-state index contributed by atoms with van der Waals surface area (Å²) < 4.78 is 62.5. The summed E-state index contributed by atoms with van der Waals surface area (Å²) in [5.74, 6) is -2.97. The Labute approximate surface area is 188 Å². The van der Waals surface area contributed by atoms with Crippen molar-refractivity contribution in [1.29, 1.82) is 0 Å². The first kappa shape index (κ1) is 21.1. The molecule has 0 atom stereocenters. The average molecular weight is 468 g/mol. The fourth-order valence-electron chi connectivity index (χ4n) is 3.87. The molecule has 5 rings (SSSR count). The molecule has 0 aliphatic carbocycles. The maximum Gasteiger partial charge on any atom is 0.268 e. The van der Waals surface area contributed by atoms with Crippen molar-refractivity contribution < 1.29 is 26.7 Å². The van der Waals surface area contributed by atoms with E-state index >= 15 is 4.39 Å². The Bertz CT molecular complexity index is 1530. The van der Waals surface area contributed by atoms with Crippen LogP contribution in [0.2, 0.25) is 0 Å². The summed E-state index contributed by atoms with van der Waals surface area (Å²) in [5, 5.41) is 2.59. The van der Waals surface area contributed by atoms with Crippen LogP contribution in [0.3, 0.4) is 0 Å². The van der Waals surface area contributed by atoms with Gasteiger partial charge in [-0.2, -0.15) is 0 Å². The third kappa shape index (κ3) is 3.54. The number of ether oxygens (including phenoxy) is 1. The van der Waals surface area contributed by atoms with Gasteiger partial charge in [-0.3, -0.25) is 4.79 Å². The van der Waals surface area contributed by atoms with Crippen molar-refractivity contribution in [3.63, 3.8) is 0 Å². The van der Waals surface area contributed by atoms with Crippen LogP contribution in [0.25, 0.3) is 10.9 Å². The number of fused-ring (bicyclic) bond motifs is 2. The predicted molar refractivity (Wildman–Crippen MR) is 118 cm³/mol. The van der Waals surface area contributed by atoms with Gasteiger partial charge in [0.25, 0.3) is 15.9 Å². The third-order valence-electron chi connectivity index (χ3n) is 5.61. The quantitative estimate of drug-likeness (QED) is 0.477. The molecule has 3 aromatic carbocycles. The van der Waals surface area contributed by atoms with Crippen LogP contribution in [0.15, 0.2) is 65.7 Å². The van der Waals surface area contributed by atoms with Gasteiger partial charge in [0.15, 0.2) is 17.4 Å². The molecule has 0 fully saturated rings. The minimum absolute atomic E-state index is 0.000853. The second-order valence-electron chi connectivity index (χ2n) is 7.79. The zero-order valence-corrected chi connectivity index (χ0v) is 18.2. The molecule has 168 valence electrons. The van der Waals surface area contributed by atoms with Crippen LogP contribution in [-0.2, 0) is 16.4 Å². The minimum Gasteiger partial charge on any atom is -0.451 e. The summed E-state index contributed by atoms with van der Waals surface area (Å²) in [6.07, 6.45) is 1.83. The van der Waals surface area contributed by atoms with Crippen LogP contribution >= 0.6 is 0 Å². The first-order valence-corrected chi connectivity index (χ1v) is 11.6. The maximum atomic E-state index is 15.2. The van der Waals surface area contributed by atoms with Gasteiger partial charge in [0.1, 0.15) is 5.75 Å². The average Bonchev–Trinajstić information content (AvgIpc) is 3.22. The van der Waals surface area contributed by atoms with E-state index in [0.717, 1.165) is 21.2 Å². The number of rotatable bonds is 4. The van der Waals surface area contributed by atoms with E-state index in [4.69, 9.17) is 4.74 Å². The number of carbonyl (C=O) groups excluding carboxylic acids is 1. The Morgan fingerprint density at radius 2 is 1.79 bits per heavy atom. The van der Waals surface area contributed by atoms with E-state index in [-0.39, 0.29) is 27.5 Å². The lowest BCUT2D eigenvalue weighted by molar-refractivity contribution is 0.0945. The highest BCUT2D eigenvalue weighted by Crippen LogP contribution is 2.35. The van der Waals surface area contributed by atoms with Gasteiger partial charge in [-0.1, -0.05) is 23.8 Å². The summed E-state index contributed by atoms with van der Waals surface area (Å²) in [7, 11) is -4.06. The summed E-state index contributed by atoms with van der Waals surface area (Å²) >= 11 is 0. The standard InChI is InChI=1S/C24H18F2N2O4S/c1-14-2-6-17(7-3-14)33(30,31)28-11-9-18-21(28)13-20(25)23(22(18)26)32-16-5-4-15-8-10-27-24(29)19(15)12-16/h2-7,9,11-13H,8,10H2,1H3,(H,27,29). The maximum absolute atomic E-state index is 15.2. The normalized spacial score (nSPS) is 13.6. The lowest BCUT2D eigenvalue weighted by atomic mass is 10.0. The Kier molecular flexibility index (Phi) is 4.93. The Hall–Kier alpha value is -3.72. The van der Waals surface area contributed by atoms with Gasteiger partial charge in [-0.25, -0.2) is 21.2 Å². The fraction of sp³-hybridized carbons (Fsp3) is 0.125. The van der Waals surface area contributed by atoms with Crippen LogP contribution in [0.4, 0.5) is 8.78 Å². The number of aromatic nitrogens is 1. The molecule has 2 heterocycles. The zero-order valence-electron chi connectivity index (χ0n) is 17.4. The third-order valence-corrected chi connectivity index (χ3v) is 7.31. The van der Waals surface area contributed by atoms with Crippen molar-refractivity contribution in [2.45, 2.75) is 18.2 Å². The van der Waals surface area contributed by atoms with Crippen LogP contribution in [0.5, 0.6) is 11.5 Å². The molecule has 6 nitrogen and oxygen atoms in total. The molecule has 1 N–H and O–H groups in total. The first-order valence-electron chi connectivity index (χ1n) is 10.2. The molecule has 0 saturated heterocycles. The van der Waals surface area contributed by atoms with Crippen LogP contribution in [-0.4, -0.2) is 24.8 Å². The molecular weight excluding hydrogens is 450 g/mol. The van der Waals surface area contributed by atoms with Gasteiger partial charge < -0.3 is 10.1 Å². The summed E-state index contributed by atoms with van der Waals surface area (Å²) in [5.41, 5.74) is 1.93. The monoisotopic (exact) mass is 468 g/mol. The molecule has 0 radical (unpaired) electrons. The number of carbonyl (C=O) groups is 1. The lowest BCUT2D eigenvalue weighted by Gasteiger charge is -2.17. The molecule has 1 aliphatic heterocycles. The largest absolute Gasteiger partial charge is 0.451 e. The molecule has 33 heavy (non-hydrogen) atoms. The van der Waals surface area contributed by atoms with Crippen molar-refractivity contribution in [2.75, 3.05) is 6.54 Å². The molecule has 0 unspecified atom stereocenters. The first-order chi connectivity index (χ1) is 15.8. The molecule has 1 aromatic heterocycles. The smallest absolute Gasteiger partial charge is 0.268 e. The number of hydrogen-bond donors (Lipinski definition) is 1. The number of halogens is 2. The van der Waals surface area contributed by atoms with Gasteiger partial charge in [0, 0.05) is 29.8 Å². The van der Waals surface area contributed by atoms with Gasteiger partial charge in [-0.05, 0) is 49.2 Å². The van der Waals surface area contributed by atoms with Gasteiger partial charge in [0.05, 0.1) is 10.4 Å². The SMILES string of the molecule is Cc1ccc(S(=O)(=O)n2ccc3c(F)c(Oc4ccc5c(c4)C(=O)NCC5)c(F)cc32)cc1. The van der Waals surface area contributed by atoms with E-state index < -0.39 is 27.4 Å². The van der Waals surface area contributed by atoms with Crippen molar-refractivity contribution in [2.24, 2.45) is 0 Å². The minimum atomic E-state index is -4.06. The van der Waals surface area contributed by atoms with E-state index in [9.17, 15) is 17.6 Å². The number of benzene rings is 3. The summed E-state index contributed by atoms with van der Waals surface area (Å²) in [6.45, 7) is 2.34. The Morgan fingerprint density at radius 3 is 2.55 bits per heavy atom. The Morgan fingerprint density at radius 1 is 1.03 bits per heavy atom. The van der Waals surface area contributed by atoms with Gasteiger partial charge in [-0.15, -0.1) is 0 Å². The molecule has 1 amide bonds. The number of aryl methyl sites for hydroxylation is 1. The van der Waals surface area contributed by atoms with Crippen molar-refractivity contribution in [3.05, 3.63) is 89.1 Å². The van der Waals surface area contributed by atoms with Crippen LogP contribution in [0.1, 0.15) is 21.5 Å². The molecule has 0 bridgehead atoms. The van der Waals surface area contributed by atoms with Gasteiger partial charge in [0.2, 0.25) is 0 Å². The predicted octanol–water partition coefficient (Wildman–Crippen LogP) is 4.54. The van der Waals surface area contributed by atoms with Crippen molar-refractivity contribution in [1.82, 2.24) is 9.29 Å². The number of hydrogen-bond acceptors (Lipinski definition) is 4. The van der Waals surface area contributed by atoms with E-state index in [1.807, 2.05) is 6.92 Å². The Balaban J connectivity index is 1.56. The second-order valence-corrected chi connectivity index (χ2v) is 9.61.